The molecular weight excluding hydrogens is 180 g/mol. The standard InChI is InChI=1S/C10H20N2O2/c1-14-8-4-7-12-10(13)9-5-2-3-6-11-9/h9,11H,2-8H2,1H3,(H,12,13)/t9-/m1/s1. The molecule has 2 N–H and O–H groups in total. The van der Waals surface area contributed by atoms with Gasteiger partial charge in [-0.2, -0.15) is 0 Å². The van der Waals surface area contributed by atoms with Crippen LogP contribution in [0.3, 0.4) is 0 Å². The lowest BCUT2D eigenvalue weighted by atomic mass is 10.0. The van der Waals surface area contributed by atoms with Crippen LogP contribution >= 0.6 is 0 Å². The molecule has 0 bridgehead atoms. The Balaban J connectivity index is 2.07. The van der Waals surface area contributed by atoms with E-state index in [0.29, 0.717) is 13.2 Å². The van der Waals surface area contributed by atoms with Crippen LogP contribution in [-0.2, 0) is 9.53 Å². The molecule has 4 heteroatoms. The van der Waals surface area contributed by atoms with E-state index in [1.54, 1.807) is 7.11 Å². The molecule has 0 radical (unpaired) electrons. The van der Waals surface area contributed by atoms with E-state index in [0.717, 1.165) is 25.8 Å². The fraction of sp³-hybridized carbons (Fsp3) is 0.900. The van der Waals surface area contributed by atoms with Crippen LogP contribution in [0.5, 0.6) is 0 Å². The van der Waals surface area contributed by atoms with Crippen molar-refractivity contribution < 1.29 is 9.53 Å². The van der Waals surface area contributed by atoms with E-state index in [9.17, 15) is 4.79 Å². The van der Waals surface area contributed by atoms with Crippen molar-refractivity contribution in [1.29, 1.82) is 0 Å². The summed E-state index contributed by atoms with van der Waals surface area (Å²) in [7, 11) is 1.67. The van der Waals surface area contributed by atoms with Crippen molar-refractivity contribution in [1.82, 2.24) is 10.6 Å². The fourth-order valence-corrected chi connectivity index (χ4v) is 1.63. The summed E-state index contributed by atoms with van der Waals surface area (Å²) in [5.41, 5.74) is 0. The lowest BCUT2D eigenvalue weighted by Crippen LogP contribution is -2.46. The van der Waals surface area contributed by atoms with E-state index in [-0.39, 0.29) is 11.9 Å². The van der Waals surface area contributed by atoms with E-state index < -0.39 is 0 Å². The minimum atomic E-state index is 0.0336. The summed E-state index contributed by atoms with van der Waals surface area (Å²) in [5, 5.41) is 6.12. The van der Waals surface area contributed by atoms with Gasteiger partial charge in [-0.25, -0.2) is 0 Å². The Labute approximate surface area is 85.4 Å². The lowest BCUT2D eigenvalue weighted by Gasteiger charge is -2.22. The molecule has 1 aliphatic heterocycles. The molecule has 1 rings (SSSR count). The number of carbonyl (C=O) groups is 1. The zero-order valence-electron chi connectivity index (χ0n) is 8.84. The van der Waals surface area contributed by atoms with E-state index in [2.05, 4.69) is 10.6 Å². The van der Waals surface area contributed by atoms with Gasteiger partial charge in [0.2, 0.25) is 5.91 Å². The van der Waals surface area contributed by atoms with Crippen molar-refractivity contribution in [3.8, 4) is 0 Å². The van der Waals surface area contributed by atoms with Crippen molar-refractivity contribution >= 4 is 5.91 Å². The van der Waals surface area contributed by atoms with E-state index in [1.807, 2.05) is 0 Å². The second-order valence-corrected chi connectivity index (χ2v) is 3.64. The van der Waals surface area contributed by atoms with Gasteiger partial charge in [0.1, 0.15) is 0 Å². The highest BCUT2D eigenvalue weighted by atomic mass is 16.5. The summed E-state index contributed by atoms with van der Waals surface area (Å²) in [5.74, 6) is 0.140. The van der Waals surface area contributed by atoms with Crippen LogP contribution in [0.25, 0.3) is 0 Å². The molecule has 1 atom stereocenters. The fourth-order valence-electron chi connectivity index (χ4n) is 1.63. The highest BCUT2D eigenvalue weighted by Crippen LogP contribution is 2.06. The van der Waals surface area contributed by atoms with Crippen LogP contribution in [0.15, 0.2) is 0 Å². The molecule has 1 saturated heterocycles. The van der Waals surface area contributed by atoms with E-state index in [4.69, 9.17) is 4.74 Å². The monoisotopic (exact) mass is 200 g/mol. The summed E-state index contributed by atoms with van der Waals surface area (Å²) in [6, 6.07) is 0.0336. The first-order valence-electron chi connectivity index (χ1n) is 5.34. The van der Waals surface area contributed by atoms with Gasteiger partial charge in [0, 0.05) is 20.3 Å². The van der Waals surface area contributed by atoms with Gasteiger partial charge in [-0.3, -0.25) is 4.79 Å². The Hall–Kier alpha value is -0.610. The number of carbonyl (C=O) groups excluding carboxylic acids is 1. The molecule has 82 valence electrons. The van der Waals surface area contributed by atoms with Crippen molar-refractivity contribution in [3.05, 3.63) is 0 Å². The summed E-state index contributed by atoms with van der Waals surface area (Å²) in [6.45, 7) is 2.39. The number of rotatable bonds is 5. The topological polar surface area (TPSA) is 50.4 Å². The molecule has 1 heterocycles. The summed E-state index contributed by atoms with van der Waals surface area (Å²) in [6.07, 6.45) is 4.20. The van der Waals surface area contributed by atoms with Gasteiger partial charge in [-0.15, -0.1) is 0 Å². The molecular formula is C10H20N2O2. The number of hydrogen-bond donors (Lipinski definition) is 2. The molecule has 1 aliphatic rings. The SMILES string of the molecule is COCCCNC(=O)[C@H]1CCCCN1. The van der Waals surface area contributed by atoms with Crippen molar-refractivity contribution in [2.24, 2.45) is 0 Å². The first-order chi connectivity index (χ1) is 6.84. The number of methoxy groups -OCH3 is 1. The maximum absolute atomic E-state index is 11.5. The first kappa shape index (κ1) is 11.5. The average molecular weight is 200 g/mol. The Morgan fingerprint density at radius 1 is 1.57 bits per heavy atom. The van der Waals surface area contributed by atoms with Crippen molar-refractivity contribution in [2.45, 2.75) is 31.7 Å². The van der Waals surface area contributed by atoms with Crippen molar-refractivity contribution in [3.63, 3.8) is 0 Å². The normalized spacial score (nSPS) is 21.9. The second-order valence-electron chi connectivity index (χ2n) is 3.64. The predicted octanol–water partition coefficient (Wildman–Crippen LogP) is 0.281. The Morgan fingerprint density at radius 2 is 2.43 bits per heavy atom. The zero-order chi connectivity index (χ0) is 10.2. The minimum Gasteiger partial charge on any atom is -0.385 e. The van der Waals surface area contributed by atoms with Crippen LogP contribution in [0.1, 0.15) is 25.7 Å². The summed E-state index contributed by atoms with van der Waals surface area (Å²) in [4.78, 5) is 11.5. The van der Waals surface area contributed by atoms with Gasteiger partial charge in [0.25, 0.3) is 0 Å². The predicted molar refractivity (Wildman–Crippen MR) is 55.1 cm³/mol. The molecule has 0 aliphatic carbocycles. The highest BCUT2D eigenvalue weighted by molar-refractivity contribution is 5.81. The van der Waals surface area contributed by atoms with Crippen molar-refractivity contribution in [2.75, 3.05) is 26.8 Å². The van der Waals surface area contributed by atoms with Gasteiger partial charge >= 0.3 is 0 Å². The number of amides is 1. The number of hydrogen-bond acceptors (Lipinski definition) is 3. The Kier molecular flexibility index (Phi) is 5.56. The lowest BCUT2D eigenvalue weighted by molar-refractivity contribution is -0.123. The molecule has 14 heavy (non-hydrogen) atoms. The van der Waals surface area contributed by atoms with Gasteiger partial charge in [0.05, 0.1) is 6.04 Å². The van der Waals surface area contributed by atoms with Crippen LogP contribution < -0.4 is 10.6 Å². The Morgan fingerprint density at radius 3 is 3.07 bits per heavy atom. The molecule has 0 spiro atoms. The van der Waals surface area contributed by atoms with Crippen LogP contribution in [0.4, 0.5) is 0 Å². The van der Waals surface area contributed by atoms with Crippen LogP contribution in [0.2, 0.25) is 0 Å². The van der Waals surface area contributed by atoms with Gasteiger partial charge in [-0.05, 0) is 25.8 Å². The molecule has 1 amide bonds. The smallest absolute Gasteiger partial charge is 0.237 e. The first-order valence-corrected chi connectivity index (χ1v) is 5.34. The third-order valence-corrected chi connectivity index (χ3v) is 2.45. The average Bonchev–Trinajstić information content (AvgIpc) is 2.25. The number of ether oxygens (including phenoxy) is 1. The molecule has 0 aromatic heterocycles. The molecule has 0 unspecified atom stereocenters. The number of nitrogens with one attached hydrogen (secondary N) is 2. The molecule has 1 fully saturated rings. The Bertz CT molecular complexity index is 168. The quantitative estimate of drug-likeness (QED) is 0.627. The second kappa shape index (κ2) is 6.79. The number of piperidine rings is 1. The third-order valence-electron chi connectivity index (χ3n) is 2.45. The molecule has 0 aromatic rings. The highest BCUT2D eigenvalue weighted by Gasteiger charge is 2.19. The maximum atomic E-state index is 11.5. The summed E-state index contributed by atoms with van der Waals surface area (Å²) >= 11 is 0. The van der Waals surface area contributed by atoms with E-state index >= 15 is 0 Å². The van der Waals surface area contributed by atoms with Gasteiger partial charge < -0.3 is 15.4 Å². The largest absolute Gasteiger partial charge is 0.385 e. The zero-order valence-corrected chi connectivity index (χ0v) is 8.84. The van der Waals surface area contributed by atoms with Gasteiger partial charge in [-0.1, -0.05) is 6.42 Å². The van der Waals surface area contributed by atoms with Crippen LogP contribution in [0, 0.1) is 0 Å². The maximum Gasteiger partial charge on any atom is 0.237 e. The minimum absolute atomic E-state index is 0.0336. The summed E-state index contributed by atoms with van der Waals surface area (Å²) < 4.78 is 4.90. The molecule has 0 aromatic carbocycles. The molecule has 4 nitrogen and oxygen atoms in total. The van der Waals surface area contributed by atoms with Gasteiger partial charge in [0.15, 0.2) is 0 Å². The van der Waals surface area contributed by atoms with E-state index in [1.165, 1.54) is 6.42 Å². The molecule has 0 saturated carbocycles. The van der Waals surface area contributed by atoms with Crippen LogP contribution in [-0.4, -0.2) is 38.8 Å². The third kappa shape index (κ3) is 4.07.